The molecule has 7 heteroatoms. The fraction of sp³-hybridized carbons (Fsp3) is 0.400. The van der Waals surface area contributed by atoms with Crippen LogP contribution >= 0.6 is 0 Å². The largest absolute Gasteiger partial charge is 1.00 e. The van der Waals surface area contributed by atoms with Gasteiger partial charge in [-0.25, -0.2) is 8.42 Å². The van der Waals surface area contributed by atoms with Crippen LogP contribution in [-0.2, 0) is 15.9 Å². The Labute approximate surface area is 92.2 Å². The van der Waals surface area contributed by atoms with Gasteiger partial charge in [0.25, 0.3) is 0 Å². The Kier molecular flexibility index (Phi) is 4.43. The third kappa shape index (κ3) is 4.22. The molecule has 0 aliphatic rings. The van der Waals surface area contributed by atoms with Gasteiger partial charge in [-0.1, -0.05) is 5.16 Å². The van der Waals surface area contributed by atoms with Crippen LogP contribution in [0.15, 0.2) is 10.6 Å². The van der Waals surface area contributed by atoms with Crippen LogP contribution in [0.5, 0.6) is 0 Å². The van der Waals surface area contributed by atoms with Crippen molar-refractivity contribution in [1.82, 2.24) is 5.16 Å². The van der Waals surface area contributed by atoms with Gasteiger partial charge in [0.1, 0.15) is 15.9 Å². The van der Waals surface area contributed by atoms with E-state index in [0.717, 1.165) is 0 Å². The molecule has 0 spiro atoms. The van der Waals surface area contributed by atoms with E-state index in [1.54, 1.807) is 6.92 Å². The van der Waals surface area contributed by atoms with Crippen LogP contribution in [0.2, 0.25) is 0 Å². The number of hydrogen-bond acceptors (Lipinski definition) is 5. The van der Waals surface area contributed by atoms with E-state index in [2.05, 4.69) is 9.68 Å². The monoisotopic (exact) mass is 199 g/mol. The summed E-state index contributed by atoms with van der Waals surface area (Å²) in [6.07, 6.45) is 0. The molecule has 5 nitrogen and oxygen atoms in total. The van der Waals surface area contributed by atoms with Crippen molar-refractivity contribution in [1.29, 1.82) is 0 Å². The first-order valence-corrected chi connectivity index (χ1v) is 4.41. The normalized spacial score (nSPS) is 10.8. The maximum absolute atomic E-state index is 10.2. The third-order valence-corrected chi connectivity index (χ3v) is 1.65. The fourth-order valence-corrected chi connectivity index (χ4v) is 1.17. The summed E-state index contributed by atoms with van der Waals surface area (Å²) in [4.78, 5) is 0. The van der Waals surface area contributed by atoms with E-state index in [-0.39, 0.29) is 35.3 Å². The summed E-state index contributed by atoms with van der Waals surface area (Å²) in [7, 11) is -4.24. The number of aryl methyl sites for hydroxylation is 1. The Bertz CT molecular complexity index is 344. The topological polar surface area (TPSA) is 83.2 Å². The summed E-state index contributed by atoms with van der Waals surface area (Å²) in [5.74, 6) is -0.117. The maximum Gasteiger partial charge on any atom is 1.00 e. The third-order valence-electron chi connectivity index (χ3n) is 1.00. The SMILES string of the molecule is Cc1cc(CS(=O)(=O)[O-])no1.[Na+]. The first-order valence-electron chi connectivity index (χ1n) is 2.83. The number of nitrogens with zero attached hydrogens (tertiary/aromatic N) is 1. The average molecular weight is 199 g/mol. The van der Waals surface area contributed by atoms with Gasteiger partial charge in [-0.2, -0.15) is 0 Å². The van der Waals surface area contributed by atoms with Gasteiger partial charge in [0, 0.05) is 6.07 Å². The van der Waals surface area contributed by atoms with Crippen LogP contribution in [0.3, 0.4) is 0 Å². The predicted molar refractivity (Wildman–Crippen MR) is 34.6 cm³/mol. The van der Waals surface area contributed by atoms with E-state index >= 15 is 0 Å². The quantitative estimate of drug-likeness (QED) is 0.375. The predicted octanol–water partition coefficient (Wildman–Crippen LogP) is -2.97. The van der Waals surface area contributed by atoms with Crippen molar-refractivity contribution in [3.63, 3.8) is 0 Å². The van der Waals surface area contributed by atoms with Gasteiger partial charge >= 0.3 is 29.6 Å². The summed E-state index contributed by atoms with van der Waals surface area (Å²) in [6, 6.07) is 1.41. The maximum atomic E-state index is 10.2. The van der Waals surface area contributed by atoms with Gasteiger partial charge in [-0.3, -0.25) is 0 Å². The van der Waals surface area contributed by atoms with Crippen LogP contribution in [0.25, 0.3) is 0 Å². The molecule has 0 radical (unpaired) electrons. The van der Waals surface area contributed by atoms with Gasteiger partial charge in [-0.05, 0) is 6.92 Å². The van der Waals surface area contributed by atoms with Gasteiger partial charge in [0.15, 0.2) is 0 Å². The van der Waals surface area contributed by atoms with Crippen molar-refractivity contribution < 1.29 is 47.1 Å². The Hall–Kier alpha value is 0.120. The van der Waals surface area contributed by atoms with E-state index in [1.807, 2.05) is 0 Å². The molecule has 0 aliphatic carbocycles. The Morgan fingerprint density at radius 3 is 2.58 bits per heavy atom. The minimum Gasteiger partial charge on any atom is -0.748 e. The molecule has 0 amide bonds. The van der Waals surface area contributed by atoms with Crippen LogP contribution in [0, 0.1) is 6.92 Å². The van der Waals surface area contributed by atoms with Crippen LogP contribution in [0.1, 0.15) is 11.5 Å². The molecule has 1 aromatic heterocycles. The second-order valence-corrected chi connectivity index (χ2v) is 3.53. The summed E-state index contributed by atoms with van der Waals surface area (Å²) in [5, 5.41) is 3.35. The zero-order valence-electron chi connectivity index (χ0n) is 6.77. The second kappa shape index (κ2) is 4.38. The molecular weight excluding hydrogens is 193 g/mol. The summed E-state index contributed by atoms with van der Waals surface area (Å²) < 4.78 is 35.1. The molecule has 0 fully saturated rings. The molecule has 12 heavy (non-hydrogen) atoms. The summed E-state index contributed by atoms with van der Waals surface area (Å²) in [6.45, 7) is 1.62. The Morgan fingerprint density at radius 2 is 2.25 bits per heavy atom. The van der Waals surface area contributed by atoms with Crippen molar-refractivity contribution in [3.8, 4) is 0 Å². The standard InChI is InChI=1S/C5H7NO4S.Na/c1-4-2-5(6-10-4)3-11(7,8)9;/h2H,3H2,1H3,(H,7,8,9);/q;+1/p-1. The first kappa shape index (κ1) is 12.1. The molecule has 0 saturated heterocycles. The average Bonchev–Trinajstić information content (AvgIpc) is 2.10. The summed E-state index contributed by atoms with van der Waals surface area (Å²) in [5.41, 5.74) is 0.150. The van der Waals surface area contributed by atoms with Crippen LogP contribution < -0.4 is 29.6 Å². The summed E-state index contributed by atoms with van der Waals surface area (Å²) >= 11 is 0. The van der Waals surface area contributed by atoms with Gasteiger partial charge in [-0.15, -0.1) is 0 Å². The van der Waals surface area contributed by atoms with E-state index in [4.69, 9.17) is 0 Å². The molecule has 0 unspecified atom stereocenters. The number of hydrogen-bond donors (Lipinski definition) is 0. The van der Waals surface area contributed by atoms with Crippen molar-refractivity contribution in [2.75, 3.05) is 0 Å². The van der Waals surface area contributed by atoms with Gasteiger partial charge < -0.3 is 9.08 Å². The Balaban J connectivity index is 0.00000121. The second-order valence-electron chi connectivity index (χ2n) is 2.13. The van der Waals surface area contributed by atoms with Crippen molar-refractivity contribution in [3.05, 3.63) is 17.5 Å². The van der Waals surface area contributed by atoms with E-state index in [1.165, 1.54) is 6.07 Å². The molecule has 0 aromatic carbocycles. The molecule has 1 heterocycles. The number of aromatic nitrogens is 1. The number of rotatable bonds is 2. The zero-order valence-corrected chi connectivity index (χ0v) is 9.59. The van der Waals surface area contributed by atoms with Gasteiger partial charge in [0.2, 0.25) is 0 Å². The van der Waals surface area contributed by atoms with E-state index in [9.17, 15) is 13.0 Å². The Morgan fingerprint density at radius 1 is 1.67 bits per heavy atom. The van der Waals surface area contributed by atoms with E-state index in [0.29, 0.717) is 5.76 Å². The van der Waals surface area contributed by atoms with Gasteiger partial charge in [0.05, 0.1) is 11.4 Å². The minimum atomic E-state index is -4.24. The minimum absolute atomic E-state index is 0. The molecule has 0 N–H and O–H groups in total. The first-order chi connectivity index (χ1) is 4.97. The molecule has 0 saturated carbocycles. The molecule has 0 bridgehead atoms. The fourth-order valence-electron chi connectivity index (χ4n) is 0.667. The van der Waals surface area contributed by atoms with Crippen molar-refractivity contribution in [2.24, 2.45) is 0 Å². The molecule has 0 aliphatic heterocycles. The zero-order chi connectivity index (χ0) is 8.48. The molecular formula is C5H6NNaO4S. The molecule has 1 rings (SSSR count). The van der Waals surface area contributed by atoms with Crippen LogP contribution in [-0.4, -0.2) is 18.1 Å². The smallest absolute Gasteiger partial charge is 0.748 e. The molecule has 0 atom stereocenters. The molecule has 62 valence electrons. The van der Waals surface area contributed by atoms with Crippen LogP contribution in [0.4, 0.5) is 0 Å². The van der Waals surface area contributed by atoms with E-state index < -0.39 is 15.9 Å². The molecule has 1 aromatic rings. The van der Waals surface area contributed by atoms with Crippen molar-refractivity contribution >= 4 is 10.1 Å². The van der Waals surface area contributed by atoms with Crippen molar-refractivity contribution in [2.45, 2.75) is 12.7 Å².